The van der Waals surface area contributed by atoms with Gasteiger partial charge >= 0.3 is 0 Å². The van der Waals surface area contributed by atoms with Crippen LogP contribution in [0.5, 0.6) is 0 Å². The van der Waals surface area contributed by atoms with Crippen molar-refractivity contribution < 1.29 is 33.6 Å². The number of carbonyl (C=O) groups excluding carboxylic acids is 7. The van der Waals surface area contributed by atoms with Crippen LogP contribution in [0.1, 0.15) is 39.5 Å². The summed E-state index contributed by atoms with van der Waals surface area (Å²) in [6.45, 7) is 6.46. The van der Waals surface area contributed by atoms with E-state index < -0.39 is 83.6 Å². The molecule has 0 aromatic heterocycles. The zero-order valence-corrected chi connectivity index (χ0v) is 27.6. The van der Waals surface area contributed by atoms with Gasteiger partial charge in [-0.15, -0.1) is 6.58 Å². The number of hydrogen-bond donors (Lipinski definition) is 11. The van der Waals surface area contributed by atoms with E-state index in [1.165, 1.54) is 13.8 Å². The minimum Gasteiger partial charge on any atom is -0.354 e. The molecule has 45 heavy (non-hydrogen) atoms. The van der Waals surface area contributed by atoms with Crippen molar-refractivity contribution in [2.45, 2.75) is 81.8 Å². The van der Waals surface area contributed by atoms with Crippen molar-refractivity contribution in [1.29, 1.82) is 0 Å². The Hall–Kier alpha value is -3.40. The minimum absolute atomic E-state index is 0.000672. The molecule has 1 saturated heterocycles. The zero-order chi connectivity index (χ0) is 34.1. The maximum absolute atomic E-state index is 13.1. The number of nitrogens with one attached hydrogen (secondary N) is 8. The van der Waals surface area contributed by atoms with Crippen molar-refractivity contribution in [3.8, 4) is 0 Å². The smallest absolute Gasteiger partial charge is 0.247 e. The van der Waals surface area contributed by atoms with Crippen LogP contribution in [-0.2, 0) is 33.6 Å². The van der Waals surface area contributed by atoms with Crippen LogP contribution < -0.4 is 57.9 Å². The fraction of sp³-hybridized carbons (Fsp3) is 0.654. The number of halogens is 1. The molecule has 0 aliphatic carbocycles. The van der Waals surface area contributed by atoms with Crippen LogP contribution in [0.2, 0.25) is 0 Å². The molecule has 1 fully saturated rings. The van der Waals surface area contributed by atoms with Crippen molar-refractivity contribution in [2.24, 2.45) is 17.2 Å². The van der Waals surface area contributed by atoms with Crippen molar-refractivity contribution in [1.82, 2.24) is 40.7 Å². The van der Waals surface area contributed by atoms with E-state index in [9.17, 15) is 33.6 Å². The summed E-state index contributed by atoms with van der Waals surface area (Å²) in [5.74, 6) is -4.78. The molecular formula is C26H46IN11O7. The molecule has 0 saturated carbocycles. The van der Waals surface area contributed by atoms with Gasteiger partial charge in [0, 0.05) is 29.4 Å². The molecule has 7 amide bonds. The van der Waals surface area contributed by atoms with Gasteiger partial charge in [0.1, 0.15) is 36.3 Å². The fourth-order valence-corrected chi connectivity index (χ4v) is 4.70. The predicted octanol–water partition coefficient (Wildman–Crippen LogP) is -5.00. The Bertz CT molecular complexity index is 1080. The number of carbonyl (C=O) groups is 7. The van der Waals surface area contributed by atoms with E-state index >= 15 is 0 Å². The van der Waals surface area contributed by atoms with Crippen LogP contribution in [0, 0.1) is 0 Å². The van der Waals surface area contributed by atoms with Crippen LogP contribution in [0.25, 0.3) is 0 Å². The lowest BCUT2D eigenvalue weighted by Crippen LogP contribution is -2.59. The Balaban J connectivity index is 3.35. The molecule has 1 aliphatic rings. The molecule has 1 aliphatic heterocycles. The molecule has 1 rings (SSSR count). The molecule has 19 heteroatoms. The average Bonchev–Trinajstić information content (AvgIpc) is 3.00. The van der Waals surface area contributed by atoms with Gasteiger partial charge in [0.15, 0.2) is 0 Å². The van der Waals surface area contributed by atoms with Gasteiger partial charge in [-0.2, -0.15) is 0 Å². The second-order valence-corrected chi connectivity index (χ2v) is 11.0. The SMILES string of the molecule is C=C[C@H]1NC(=O)[C@H](CCN)NC(=O)[C@@H](NI)CCNC(=O)[C@H](C)NC(=O)[C@H](CCN)NC(=O)[C@H](CCN)NC(=O)[C@H](C)NC1=O. The molecule has 18 nitrogen and oxygen atoms in total. The number of rotatable bonds is 8. The number of nitrogens with two attached hydrogens (primary N) is 3. The van der Waals surface area contributed by atoms with E-state index in [-0.39, 0.29) is 51.9 Å². The molecule has 0 aromatic carbocycles. The highest BCUT2D eigenvalue weighted by molar-refractivity contribution is 14.1. The zero-order valence-electron chi connectivity index (χ0n) is 25.5. The molecular weight excluding hydrogens is 705 g/mol. The number of hydrogen-bond acceptors (Lipinski definition) is 11. The normalized spacial score (nSPS) is 28.8. The quantitative estimate of drug-likeness (QED) is 0.0634. The van der Waals surface area contributed by atoms with Gasteiger partial charge in [0.05, 0.1) is 6.04 Å². The van der Waals surface area contributed by atoms with E-state index in [4.69, 9.17) is 17.2 Å². The highest BCUT2D eigenvalue weighted by Gasteiger charge is 2.31. The third-order valence-electron chi connectivity index (χ3n) is 6.77. The Morgan fingerprint density at radius 2 is 1.09 bits per heavy atom. The van der Waals surface area contributed by atoms with E-state index in [2.05, 4.69) is 47.3 Å². The molecule has 254 valence electrons. The summed E-state index contributed by atoms with van der Waals surface area (Å²) >= 11 is 1.77. The first kappa shape index (κ1) is 39.6. The van der Waals surface area contributed by atoms with Crippen LogP contribution in [0.3, 0.4) is 0 Å². The Kier molecular flexibility index (Phi) is 18.1. The second-order valence-electron chi connectivity index (χ2n) is 10.3. The summed E-state index contributed by atoms with van der Waals surface area (Å²) in [7, 11) is 0. The first-order valence-electron chi connectivity index (χ1n) is 14.5. The van der Waals surface area contributed by atoms with E-state index in [1.54, 1.807) is 22.9 Å². The van der Waals surface area contributed by atoms with Crippen LogP contribution in [0.15, 0.2) is 12.7 Å². The minimum atomic E-state index is -1.29. The average molecular weight is 752 g/mol. The van der Waals surface area contributed by atoms with E-state index in [1.807, 2.05) is 0 Å². The standard InChI is InChI=1S/C26H46IN11O7/c1-4-15-22(41)33-14(3)21(40)35-17(6-10-29)25(44)36-16(5-9-28)23(42)32-13(2)20(39)31-12-8-19(38-27)26(45)37-18(7-11-30)24(43)34-15/h4,13-19,38H,1,5-12,28-30H2,2-3H3,(H,31,39)(H,32,42)(H,33,41)(H,34,43)(H,35,40)(H,36,44)(H,37,45)/t13-,14-,15+,16-,17-,18-,19-/m0/s1. The number of amides is 7. The maximum atomic E-state index is 13.1. The fourth-order valence-electron chi connectivity index (χ4n) is 4.11. The van der Waals surface area contributed by atoms with Gasteiger partial charge in [-0.3, -0.25) is 33.6 Å². The molecule has 0 spiro atoms. The Labute approximate surface area is 275 Å². The summed E-state index contributed by atoms with van der Waals surface area (Å²) in [6.07, 6.45) is 1.33. The molecule has 0 bridgehead atoms. The van der Waals surface area contributed by atoms with Gasteiger partial charge in [-0.1, -0.05) is 6.08 Å². The van der Waals surface area contributed by atoms with Crippen molar-refractivity contribution in [3.05, 3.63) is 12.7 Å². The largest absolute Gasteiger partial charge is 0.354 e. The van der Waals surface area contributed by atoms with Crippen molar-refractivity contribution in [3.63, 3.8) is 0 Å². The Morgan fingerprint density at radius 1 is 0.667 bits per heavy atom. The van der Waals surface area contributed by atoms with Gasteiger partial charge < -0.3 is 54.4 Å². The molecule has 1 heterocycles. The van der Waals surface area contributed by atoms with Gasteiger partial charge in [-0.25, -0.2) is 3.53 Å². The van der Waals surface area contributed by atoms with E-state index in [0.29, 0.717) is 0 Å². The van der Waals surface area contributed by atoms with Crippen LogP contribution in [-0.4, -0.2) is 110 Å². The summed E-state index contributed by atoms with van der Waals surface area (Å²) < 4.78 is 2.79. The molecule has 0 radical (unpaired) electrons. The molecule has 0 unspecified atom stereocenters. The highest BCUT2D eigenvalue weighted by Crippen LogP contribution is 2.02. The predicted molar refractivity (Wildman–Crippen MR) is 173 cm³/mol. The third kappa shape index (κ3) is 13.2. The lowest BCUT2D eigenvalue weighted by molar-refractivity contribution is -0.135. The summed E-state index contributed by atoms with van der Waals surface area (Å²) in [6, 6.07) is -7.75. The lowest BCUT2D eigenvalue weighted by Gasteiger charge is -2.25. The third-order valence-corrected chi connectivity index (χ3v) is 7.52. The topological polar surface area (TPSA) is 294 Å². The first-order chi connectivity index (χ1) is 21.3. The van der Waals surface area contributed by atoms with Crippen LogP contribution >= 0.6 is 22.9 Å². The molecule has 0 aromatic rings. The van der Waals surface area contributed by atoms with Crippen molar-refractivity contribution >= 4 is 64.2 Å². The van der Waals surface area contributed by atoms with Gasteiger partial charge in [-0.05, 0) is 59.2 Å². The molecule has 14 N–H and O–H groups in total. The Morgan fingerprint density at radius 3 is 1.58 bits per heavy atom. The van der Waals surface area contributed by atoms with Gasteiger partial charge in [0.25, 0.3) is 0 Å². The van der Waals surface area contributed by atoms with Crippen molar-refractivity contribution in [2.75, 3.05) is 26.2 Å². The van der Waals surface area contributed by atoms with Gasteiger partial charge in [0.2, 0.25) is 41.4 Å². The second kappa shape index (κ2) is 20.6. The molecule has 7 atom stereocenters. The highest BCUT2D eigenvalue weighted by atomic mass is 127. The summed E-state index contributed by atoms with van der Waals surface area (Å²) in [5, 5.41) is 17.7. The lowest BCUT2D eigenvalue weighted by atomic mass is 10.1. The summed E-state index contributed by atoms with van der Waals surface area (Å²) in [5.41, 5.74) is 16.9. The monoisotopic (exact) mass is 751 g/mol. The maximum Gasteiger partial charge on any atom is 0.247 e. The first-order valence-corrected chi connectivity index (χ1v) is 15.6. The van der Waals surface area contributed by atoms with Crippen LogP contribution in [0.4, 0.5) is 0 Å². The van der Waals surface area contributed by atoms with E-state index in [0.717, 1.165) is 6.08 Å². The summed E-state index contributed by atoms with van der Waals surface area (Å²) in [4.78, 5) is 90.7.